The van der Waals surface area contributed by atoms with Gasteiger partial charge in [0.15, 0.2) is 0 Å². The van der Waals surface area contributed by atoms with Gasteiger partial charge in [-0.05, 0) is 79.6 Å². The molecule has 4 rings (SSSR count). The van der Waals surface area contributed by atoms with E-state index in [1.165, 1.54) is 0 Å². The lowest BCUT2D eigenvalue weighted by Crippen LogP contribution is -2.33. The highest BCUT2D eigenvalue weighted by Crippen LogP contribution is 2.41. The molecule has 1 aliphatic rings. The van der Waals surface area contributed by atoms with Crippen LogP contribution in [-0.2, 0) is 10.0 Å². The fourth-order valence-corrected chi connectivity index (χ4v) is 6.54. The van der Waals surface area contributed by atoms with Gasteiger partial charge in [-0.2, -0.15) is 0 Å². The number of primary sulfonamides is 1. The van der Waals surface area contributed by atoms with Crippen molar-refractivity contribution in [1.82, 2.24) is 4.98 Å². The van der Waals surface area contributed by atoms with Crippen molar-refractivity contribution in [3.05, 3.63) is 69.3 Å². The van der Waals surface area contributed by atoms with Crippen molar-refractivity contribution in [3.8, 4) is 0 Å². The van der Waals surface area contributed by atoms with Crippen molar-refractivity contribution < 1.29 is 8.42 Å². The van der Waals surface area contributed by atoms with E-state index >= 15 is 0 Å². The molecule has 0 radical (unpaired) electrons. The monoisotopic (exact) mass is 497 g/mol. The number of nitrogens with two attached hydrogens (primary N) is 1. The molecule has 5 nitrogen and oxygen atoms in total. The quantitative estimate of drug-likeness (QED) is 0.439. The summed E-state index contributed by atoms with van der Waals surface area (Å²) in [6.07, 6.45) is 4.84. The molecule has 1 atom stereocenters. The number of anilines is 1. The Morgan fingerprint density at radius 1 is 0.935 bits per heavy atom. The Labute approximate surface area is 196 Å². The second kappa shape index (κ2) is 9.12. The molecule has 0 bridgehead atoms. The van der Waals surface area contributed by atoms with Crippen molar-refractivity contribution in [2.75, 3.05) is 5.32 Å². The van der Waals surface area contributed by atoms with Gasteiger partial charge in [0.1, 0.15) is 5.25 Å². The zero-order valence-corrected chi connectivity index (χ0v) is 19.6. The smallest absolute Gasteiger partial charge is 0.216 e. The molecule has 1 saturated carbocycles. The standard InChI is InChI=1S/C22H22Cl3N3O2S/c23-15-3-6-19-20(7-8-27-21(19)12-15)28-18-4-1-13(2-5-18)22(31(26,29)30)14-9-16(24)11-17(25)10-14/h3,6-13,18,22H,1-2,4-5H2,(H,27,28)(H2,26,29,30). The lowest BCUT2D eigenvalue weighted by Gasteiger charge is -2.34. The molecular weight excluding hydrogens is 477 g/mol. The zero-order valence-electron chi connectivity index (χ0n) is 16.6. The van der Waals surface area contributed by atoms with Crippen molar-refractivity contribution in [2.45, 2.75) is 37.0 Å². The number of nitrogens with zero attached hydrogens (tertiary/aromatic N) is 1. The van der Waals surface area contributed by atoms with E-state index in [2.05, 4.69) is 10.3 Å². The highest BCUT2D eigenvalue weighted by atomic mass is 35.5. The third-order valence-corrected chi connectivity index (χ3v) is 7.87. The van der Waals surface area contributed by atoms with E-state index in [-0.39, 0.29) is 12.0 Å². The van der Waals surface area contributed by atoms with Crippen LogP contribution in [-0.4, -0.2) is 19.4 Å². The first-order valence-electron chi connectivity index (χ1n) is 9.99. The average molecular weight is 499 g/mol. The topological polar surface area (TPSA) is 85.1 Å². The molecule has 1 fully saturated rings. The van der Waals surface area contributed by atoms with Crippen molar-refractivity contribution in [1.29, 1.82) is 0 Å². The highest BCUT2D eigenvalue weighted by molar-refractivity contribution is 7.89. The Morgan fingerprint density at radius 3 is 2.26 bits per heavy atom. The van der Waals surface area contributed by atoms with E-state index < -0.39 is 15.3 Å². The summed E-state index contributed by atoms with van der Waals surface area (Å²) in [5.74, 6) is -0.101. The molecular formula is C22H22Cl3N3O2S. The Balaban J connectivity index is 1.51. The second-order valence-electron chi connectivity index (χ2n) is 7.99. The van der Waals surface area contributed by atoms with E-state index in [1.54, 1.807) is 24.4 Å². The van der Waals surface area contributed by atoms with Gasteiger partial charge in [0.05, 0.1) is 5.52 Å². The van der Waals surface area contributed by atoms with Crippen LogP contribution in [0.2, 0.25) is 15.1 Å². The van der Waals surface area contributed by atoms with Crippen LogP contribution >= 0.6 is 34.8 Å². The largest absolute Gasteiger partial charge is 0.382 e. The molecule has 3 aromatic rings. The van der Waals surface area contributed by atoms with E-state index in [4.69, 9.17) is 39.9 Å². The number of pyridine rings is 1. The van der Waals surface area contributed by atoms with Crippen molar-refractivity contribution in [3.63, 3.8) is 0 Å². The first-order chi connectivity index (χ1) is 14.7. The Bertz CT molecular complexity index is 1190. The zero-order chi connectivity index (χ0) is 22.2. The minimum absolute atomic E-state index is 0.101. The first kappa shape index (κ1) is 22.6. The molecule has 0 spiro atoms. The summed E-state index contributed by atoms with van der Waals surface area (Å²) >= 11 is 18.3. The summed E-state index contributed by atoms with van der Waals surface area (Å²) in [5, 5.41) is 10.8. The van der Waals surface area contributed by atoms with Crippen LogP contribution in [0.3, 0.4) is 0 Å². The van der Waals surface area contributed by atoms with Crippen molar-refractivity contribution in [2.24, 2.45) is 11.1 Å². The van der Waals surface area contributed by atoms with Gasteiger partial charge in [-0.1, -0.05) is 34.8 Å². The minimum atomic E-state index is -3.82. The number of fused-ring (bicyclic) bond motifs is 1. The fraction of sp³-hybridized carbons (Fsp3) is 0.318. The van der Waals surface area contributed by atoms with Crippen molar-refractivity contribution >= 4 is 61.4 Å². The summed E-state index contributed by atoms with van der Waals surface area (Å²) in [6.45, 7) is 0. The van der Waals surface area contributed by atoms with Gasteiger partial charge in [-0.3, -0.25) is 4.98 Å². The highest BCUT2D eigenvalue weighted by Gasteiger charge is 2.35. The van der Waals surface area contributed by atoms with Gasteiger partial charge < -0.3 is 5.32 Å². The first-order valence-corrected chi connectivity index (χ1v) is 12.7. The van der Waals surface area contributed by atoms with E-state index in [0.29, 0.717) is 20.6 Å². The minimum Gasteiger partial charge on any atom is -0.382 e. The van der Waals surface area contributed by atoms with E-state index in [0.717, 1.165) is 42.3 Å². The average Bonchev–Trinajstić information content (AvgIpc) is 2.67. The third-order valence-electron chi connectivity index (χ3n) is 5.83. The predicted octanol–water partition coefficient (Wildman–Crippen LogP) is 6.20. The van der Waals surface area contributed by atoms with Crippen LogP contribution in [0.25, 0.3) is 10.9 Å². The number of aromatic nitrogens is 1. The normalized spacial score (nSPS) is 20.5. The number of sulfonamides is 1. The number of nitrogens with one attached hydrogen (secondary N) is 1. The Kier molecular flexibility index (Phi) is 6.65. The molecule has 1 aromatic heterocycles. The second-order valence-corrected chi connectivity index (χ2v) is 11.0. The molecule has 3 N–H and O–H groups in total. The van der Waals surface area contributed by atoms with Gasteiger partial charge in [0, 0.05) is 38.4 Å². The van der Waals surface area contributed by atoms with Crippen LogP contribution in [0, 0.1) is 5.92 Å². The molecule has 1 heterocycles. The molecule has 31 heavy (non-hydrogen) atoms. The number of hydrogen-bond donors (Lipinski definition) is 2. The lowest BCUT2D eigenvalue weighted by atomic mass is 9.82. The number of rotatable bonds is 5. The van der Waals surface area contributed by atoms with E-state index in [1.807, 2.05) is 24.3 Å². The molecule has 164 valence electrons. The summed E-state index contributed by atoms with van der Waals surface area (Å²) < 4.78 is 24.9. The summed E-state index contributed by atoms with van der Waals surface area (Å²) in [4.78, 5) is 4.38. The maximum Gasteiger partial charge on any atom is 0.216 e. The number of hydrogen-bond acceptors (Lipinski definition) is 4. The molecule has 1 aliphatic carbocycles. The molecule has 1 unspecified atom stereocenters. The molecule has 2 aromatic carbocycles. The van der Waals surface area contributed by atoms with Crippen LogP contribution in [0.15, 0.2) is 48.7 Å². The number of benzene rings is 2. The Hall–Kier alpha value is -1.57. The summed E-state index contributed by atoms with van der Waals surface area (Å²) in [5.41, 5.74) is 2.38. The Morgan fingerprint density at radius 2 is 1.61 bits per heavy atom. The van der Waals surface area contributed by atoms with Gasteiger partial charge in [0.25, 0.3) is 0 Å². The summed E-state index contributed by atoms with van der Waals surface area (Å²) in [6, 6.07) is 12.7. The van der Waals surface area contributed by atoms with Gasteiger partial charge in [-0.15, -0.1) is 0 Å². The maximum absolute atomic E-state index is 12.5. The lowest BCUT2D eigenvalue weighted by molar-refractivity contribution is 0.324. The van der Waals surface area contributed by atoms with Gasteiger partial charge in [-0.25, -0.2) is 13.6 Å². The molecule has 0 saturated heterocycles. The SMILES string of the molecule is NS(=O)(=O)C(c1cc(Cl)cc(Cl)c1)C1CCC(Nc2ccnc3cc(Cl)ccc23)CC1. The van der Waals surface area contributed by atoms with Gasteiger partial charge >= 0.3 is 0 Å². The van der Waals surface area contributed by atoms with Crippen LogP contribution < -0.4 is 10.5 Å². The number of halogens is 3. The van der Waals surface area contributed by atoms with Crippen LogP contribution in [0.4, 0.5) is 5.69 Å². The van der Waals surface area contributed by atoms with Gasteiger partial charge in [0.2, 0.25) is 10.0 Å². The third kappa shape index (κ3) is 5.26. The van der Waals surface area contributed by atoms with E-state index in [9.17, 15) is 8.42 Å². The van der Waals surface area contributed by atoms with Crippen LogP contribution in [0.1, 0.15) is 36.5 Å². The predicted molar refractivity (Wildman–Crippen MR) is 128 cm³/mol. The van der Waals surface area contributed by atoms with Crippen LogP contribution in [0.5, 0.6) is 0 Å². The fourth-order valence-electron chi connectivity index (χ4n) is 4.50. The summed E-state index contributed by atoms with van der Waals surface area (Å²) in [7, 11) is -3.82. The molecule has 0 aliphatic heterocycles. The molecule has 0 amide bonds. The maximum atomic E-state index is 12.5. The molecule has 9 heteroatoms.